The van der Waals surface area contributed by atoms with Gasteiger partial charge in [0.05, 0.1) is 23.0 Å². The molecular weight excluding hydrogens is 322 g/mol. The molecular formula is C21H17N5. The smallest absolute Gasteiger partial charge is 0.180 e. The Kier molecular flexibility index (Phi) is 3.86. The Hall–Kier alpha value is -3.65. The fourth-order valence-corrected chi connectivity index (χ4v) is 3.05. The van der Waals surface area contributed by atoms with Crippen LogP contribution in [0.25, 0.3) is 28.2 Å². The van der Waals surface area contributed by atoms with Crippen LogP contribution in [0.5, 0.6) is 0 Å². The van der Waals surface area contributed by atoms with Gasteiger partial charge < -0.3 is 5.32 Å². The number of hydrogen-bond acceptors (Lipinski definition) is 4. The first kappa shape index (κ1) is 15.9. The molecule has 0 unspecified atom stereocenters. The summed E-state index contributed by atoms with van der Waals surface area (Å²) in [5.74, 6) is 0.713. The minimum atomic E-state index is 0.628. The van der Waals surface area contributed by atoms with E-state index >= 15 is 0 Å². The van der Waals surface area contributed by atoms with E-state index in [1.54, 1.807) is 6.20 Å². The van der Waals surface area contributed by atoms with Crippen molar-refractivity contribution < 1.29 is 0 Å². The minimum Gasteiger partial charge on any atom is -0.370 e. The Morgan fingerprint density at radius 2 is 1.69 bits per heavy atom. The van der Waals surface area contributed by atoms with Crippen molar-refractivity contribution >= 4 is 11.5 Å². The molecule has 4 aromatic rings. The third kappa shape index (κ3) is 2.58. The summed E-state index contributed by atoms with van der Waals surface area (Å²) in [6, 6.07) is 18.0. The van der Waals surface area contributed by atoms with E-state index in [2.05, 4.69) is 52.0 Å². The van der Waals surface area contributed by atoms with Crippen LogP contribution in [0.2, 0.25) is 0 Å². The molecule has 0 amide bonds. The number of nitrogens with zero attached hydrogens (tertiary/aromatic N) is 4. The maximum absolute atomic E-state index is 9.07. The second-order valence-corrected chi connectivity index (χ2v) is 6.08. The molecule has 0 bridgehead atoms. The van der Waals surface area contributed by atoms with Gasteiger partial charge in [-0.05, 0) is 19.1 Å². The van der Waals surface area contributed by atoms with Crippen LogP contribution in [0.1, 0.15) is 11.1 Å². The van der Waals surface area contributed by atoms with Gasteiger partial charge in [0, 0.05) is 30.6 Å². The molecule has 126 valence electrons. The molecule has 2 aromatic heterocycles. The van der Waals surface area contributed by atoms with Crippen LogP contribution >= 0.6 is 0 Å². The summed E-state index contributed by atoms with van der Waals surface area (Å²) in [5, 5.41) is 12.2. The summed E-state index contributed by atoms with van der Waals surface area (Å²) >= 11 is 0. The van der Waals surface area contributed by atoms with Crippen LogP contribution in [0.4, 0.5) is 5.82 Å². The molecule has 2 aromatic carbocycles. The average Bonchev–Trinajstić information content (AvgIpc) is 3.17. The highest BCUT2D eigenvalue weighted by molar-refractivity contribution is 5.83. The molecule has 0 aliphatic carbocycles. The van der Waals surface area contributed by atoms with Gasteiger partial charge in [0.2, 0.25) is 0 Å². The lowest BCUT2D eigenvalue weighted by Crippen LogP contribution is -2.04. The second kappa shape index (κ2) is 6.34. The highest BCUT2D eigenvalue weighted by Crippen LogP contribution is 2.33. The highest BCUT2D eigenvalue weighted by atomic mass is 15.1. The Morgan fingerprint density at radius 3 is 2.35 bits per heavy atom. The van der Waals surface area contributed by atoms with Crippen molar-refractivity contribution in [2.24, 2.45) is 0 Å². The SMILES string of the molecule is CNc1nc(-c2ccc(C#N)cc2)c(-c2ccc(C)cc2)n2ccnc12. The number of rotatable bonds is 3. The maximum atomic E-state index is 9.07. The van der Waals surface area contributed by atoms with Crippen molar-refractivity contribution in [2.45, 2.75) is 6.92 Å². The van der Waals surface area contributed by atoms with E-state index in [1.165, 1.54) is 5.56 Å². The van der Waals surface area contributed by atoms with Gasteiger partial charge in [0.15, 0.2) is 11.5 Å². The van der Waals surface area contributed by atoms with Crippen LogP contribution in [0.3, 0.4) is 0 Å². The minimum absolute atomic E-state index is 0.628. The Bertz CT molecular complexity index is 1120. The molecule has 0 radical (unpaired) electrons. The summed E-state index contributed by atoms with van der Waals surface area (Å²) in [6.45, 7) is 2.07. The number of aromatic nitrogens is 3. The number of nitriles is 1. The van der Waals surface area contributed by atoms with E-state index in [0.29, 0.717) is 11.4 Å². The zero-order valence-electron chi connectivity index (χ0n) is 14.6. The van der Waals surface area contributed by atoms with Gasteiger partial charge in [-0.1, -0.05) is 42.0 Å². The largest absolute Gasteiger partial charge is 0.370 e. The number of hydrogen-bond donors (Lipinski definition) is 1. The second-order valence-electron chi connectivity index (χ2n) is 6.08. The average molecular weight is 339 g/mol. The summed E-state index contributed by atoms with van der Waals surface area (Å²) < 4.78 is 2.05. The molecule has 0 saturated carbocycles. The quantitative estimate of drug-likeness (QED) is 0.605. The zero-order chi connectivity index (χ0) is 18.1. The molecule has 5 heteroatoms. The third-order valence-corrected chi connectivity index (χ3v) is 4.39. The van der Waals surface area contributed by atoms with Crippen LogP contribution in [0.15, 0.2) is 60.9 Å². The predicted molar refractivity (Wildman–Crippen MR) is 103 cm³/mol. The molecule has 26 heavy (non-hydrogen) atoms. The van der Waals surface area contributed by atoms with Crippen LogP contribution < -0.4 is 5.32 Å². The molecule has 0 aliphatic heterocycles. The first-order valence-electron chi connectivity index (χ1n) is 8.33. The summed E-state index contributed by atoms with van der Waals surface area (Å²) in [6.07, 6.45) is 3.72. The summed E-state index contributed by atoms with van der Waals surface area (Å²) in [4.78, 5) is 9.29. The van der Waals surface area contributed by atoms with Crippen LogP contribution in [-0.2, 0) is 0 Å². The standard InChI is InChI=1S/C21H17N5/c1-14-3-7-17(8-4-14)19-18(16-9-5-15(13-22)6-10-16)25-20(23-2)21-24-11-12-26(19)21/h3-12H,1-2H3,(H,23,25). The Labute approximate surface area is 151 Å². The van der Waals surface area contributed by atoms with Crippen molar-refractivity contribution in [3.63, 3.8) is 0 Å². The summed E-state index contributed by atoms with van der Waals surface area (Å²) in [7, 11) is 1.84. The summed E-state index contributed by atoms with van der Waals surface area (Å²) in [5.41, 5.74) is 6.44. The fourth-order valence-electron chi connectivity index (χ4n) is 3.05. The molecule has 4 rings (SSSR count). The van der Waals surface area contributed by atoms with Crippen LogP contribution in [0, 0.1) is 18.3 Å². The number of nitrogens with one attached hydrogen (secondary N) is 1. The van der Waals surface area contributed by atoms with Gasteiger partial charge in [-0.15, -0.1) is 0 Å². The molecule has 1 N–H and O–H groups in total. The van der Waals surface area contributed by atoms with Gasteiger partial charge in [0.25, 0.3) is 0 Å². The first-order valence-corrected chi connectivity index (χ1v) is 8.33. The van der Waals surface area contributed by atoms with Gasteiger partial charge >= 0.3 is 0 Å². The van der Waals surface area contributed by atoms with Crippen molar-refractivity contribution in [1.82, 2.24) is 14.4 Å². The van der Waals surface area contributed by atoms with E-state index < -0.39 is 0 Å². The van der Waals surface area contributed by atoms with Crippen molar-refractivity contribution in [3.05, 3.63) is 72.1 Å². The van der Waals surface area contributed by atoms with Crippen molar-refractivity contribution in [2.75, 3.05) is 12.4 Å². The lowest BCUT2D eigenvalue weighted by molar-refractivity contribution is 1.13. The zero-order valence-corrected chi connectivity index (χ0v) is 14.6. The molecule has 0 fully saturated rings. The van der Waals surface area contributed by atoms with E-state index in [9.17, 15) is 0 Å². The Balaban J connectivity index is 2.05. The molecule has 0 aliphatic rings. The van der Waals surface area contributed by atoms with Gasteiger partial charge in [-0.2, -0.15) is 5.26 Å². The number of fused-ring (bicyclic) bond motifs is 1. The van der Waals surface area contributed by atoms with E-state index in [1.807, 2.05) is 37.5 Å². The lowest BCUT2D eigenvalue weighted by Gasteiger charge is -2.15. The van der Waals surface area contributed by atoms with E-state index in [-0.39, 0.29) is 0 Å². The Morgan fingerprint density at radius 1 is 1.00 bits per heavy atom. The third-order valence-electron chi connectivity index (χ3n) is 4.39. The van der Waals surface area contributed by atoms with Gasteiger partial charge in [-0.25, -0.2) is 9.97 Å². The number of imidazole rings is 1. The molecule has 0 spiro atoms. The predicted octanol–water partition coefficient (Wildman–Crippen LogP) is 4.29. The van der Waals surface area contributed by atoms with Crippen LogP contribution in [-0.4, -0.2) is 21.4 Å². The number of anilines is 1. The first-order chi connectivity index (χ1) is 12.7. The van der Waals surface area contributed by atoms with Crippen molar-refractivity contribution in [3.8, 4) is 28.6 Å². The molecule has 0 atom stereocenters. The highest BCUT2D eigenvalue weighted by Gasteiger charge is 2.17. The molecule has 0 saturated heterocycles. The fraction of sp³-hybridized carbons (Fsp3) is 0.0952. The lowest BCUT2D eigenvalue weighted by atomic mass is 10.0. The van der Waals surface area contributed by atoms with E-state index in [4.69, 9.17) is 10.2 Å². The van der Waals surface area contributed by atoms with E-state index in [0.717, 1.165) is 28.2 Å². The topological polar surface area (TPSA) is 66.0 Å². The monoisotopic (exact) mass is 339 g/mol. The number of benzene rings is 2. The number of aryl methyl sites for hydroxylation is 1. The van der Waals surface area contributed by atoms with Crippen molar-refractivity contribution in [1.29, 1.82) is 5.26 Å². The normalized spacial score (nSPS) is 10.7. The van der Waals surface area contributed by atoms with Gasteiger partial charge in [-0.3, -0.25) is 4.40 Å². The molecule has 5 nitrogen and oxygen atoms in total. The molecule has 2 heterocycles. The van der Waals surface area contributed by atoms with Gasteiger partial charge in [0.1, 0.15) is 0 Å². The maximum Gasteiger partial charge on any atom is 0.180 e.